The lowest BCUT2D eigenvalue weighted by Crippen LogP contribution is -2.56. The molecule has 42 heavy (non-hydrogen) atoms. The third-order valence-corrected chi connectivity index (χ3v) is 9.69. The van der Waals surface area contributed by atoms with Gasteiger partial charge >= 0.3 is 0 Å². The van der Waals surface area contributed by atoms with E-state index in [4.69, 9.17) is 4.98 Å². The Morgan fingerprint density at radius 1 is 1.17 bits per heavy atom. The quantitative estimate of drug-likeness (QED) is 0.316. The number of aromatic nitrogens is 2. The molecule has 0 saturated carbocycles. The van der Waals surface area contributed by atoms with Gasteiger partial charge in [-0.15, -0.1) is 0 Å². The van der Waals surface area contributed by atoms with E-state index in [2.05, 4.69) is 11.1 Å². The lowest BCUT2D eigenvalue weighted by atomic mass is 10.0. The second kappa shape index (κ2) is 11.5. The number of anilines is 3. The highest BCUT2D eigenvalue weighted by atomic mass is 32.2. The van der Waals surface area contributed by atoms with Crippen LogP contribution in [0, 0.1) is 23.0 Å². The number of aliphatic hydroxyl groups excluding tert-OH is 1. The number of nitriles is 1. The first kappa shape index (κ1) is 29.8. The minimum atomic E-state index is -3.45. The molecule has 0 aliphatic carbocycles. The van der Waals surface area contributed by atoms with Gasteiger partial charge in [-0.05, 0) is 48.4 Å². The van der Waals surface area contributed by atoms with Crippen molar-refractivity contribution >= 4 is 48.8 Å². The van der Waals surface area contributed by atoms with Crippen molar-refractivity contribution in [2.24, 2.45) is 0 Å². The Morgan fingerprint density at radius 3 is 2.50 bits per heavy atom. The molecule has 3 heterocycles. The highest BCUT2D eigenvalue weighted by Crippen LogP contribution is 2.40. The summed E-state index contributed by atoms with van der Waals surface area (Å²) in [5, 5.41) is 20.9. The van der Waals surface area contributed by atoms with Crippen LogP contribution in [0.15, 0.2) is 42.5 Å². The molecule has 1 aliphatic heterocycles. The smallest absolute Gasteiger partial charge is 0.211 e. The van der Waals surface area contributed by atoms with E-state index >= 15 is 4.39 Å². The number of piperazine rings is 1. The second-order valence-electron chi connectivity index (χ2n) is 10.5. The van der Waals surface area contributed by atoms with Crippen LogP contribution in [0.5, 0.6) is 0 Å². The molecule has 1 aliphatic rings. The predicted octanol–water partition coefficient (Wildman–Crippen LogP) is 4.84. The number of pyridine rings is 1. The van der Waals surface area contributed by atoms with Crippen molar-refractivity contribution in [1.29, 1.82) is 5.26 Å². The summed E-state index contributed by atoms with van der Waals surface area (Å²) in [6.45, 7) is 4.15. The SMILES string of the molecule is CC(C)c1cc(N(C)c2nc(-c3ccc(F)cc3)c(C#N)s2)c2cc(N3CCN(S(C)(=O)=O)CC3CO)cc(F)c2n1. The maximum atomic E-state index is 15.8. The van der Waals surface area contributed by atoms with E-state index in [9.17, 15) is 23.2 Å². The molecule has 4 aromatic rings. The van der Waals surface area contributed by atoms with Gasteiger partial charge in [0.15, 0.2) is 10.9 Å². The molecule has 13 heteroatoms. The van der Waals surface area contributed by atoms with Crippen molar-refractivity contribution in [1.82, 2.24) is 14.3 Å². The topological polar surface area (TPSA) is 114 Å². The van der Waals surface area contributed by atoms with Crippen LogP contribution >= 0.6 is 11.3 Å². The molecule has 220 valence electrons. The maximum Gasteiger partial charge on any atom is 0.211 e. The number of benzene rings is 2. The molecule has 2 aromatic carbocycles. The fraction of sp³-hybridized carbons (Fsp3) is 0.345. The monoisotopic (exact) mass is 612 g/mol. The van der Waals surface area contributed by atoms with E-state index in [-0.39, 0.29) is 37.7 Å². The minimum Gasteiger partial charge on any atom is -0.394 e. The number of hydrogen-bond donors (Lipinski definition) is 1. The molecule has 0 radical (unpaired) electrons. The number of sulfonamides is 1. The maximum absolute atomic E-state index is 15.8. The number of rotatable bonds is 7. The molecule has 0 amide bonds. The highest BCUT2D eigenvalue weighted by molar-refractivity contribution is 7.88. The molecular weight excluding hydrogens is 582 g/mol. The standard InChI is InChI=1S/C29H30F2N6O3S2/c1-17(2)24-13-25(35(3)29-34-27(26(14-32)41-29)18-5-7-19(30)8-6-18)22-11-20(12-23(31)28(22)33-24)37-10-9-36(42(4,39)40)15-21(37)16-38/h5-8,11-13,17,21,38H,9-10,15-16H2,1-4H3. The van der Waals surface area contributed by atoms with Crippen LogP contribution in [0.3, 0.4) is 0 Å². The molecule has 2 aromatic heterocycles. The van der Waals surface area contributed by atoms with Gasteiger partial charge in [0.2, 0.25) is 10.0 Å². The van der Waals surface area contributed by atoms with Crippen LogP contribution < -0.4 is 9.80 Å². The number of nitrogens with zero attached hydrogens (tertiary/aromatic N) is 6. The molecule has 1 N–H and O–H groups in total. The van der Waals surface area contributed by atoms with Gasteiger partial charge in [0, 0.05) is 49.0 Å². The van der Waals surface area contributed by atoms with Crippen molar-refractivity contribution in [2.45, 2.75) is 25.8 Å². The summed E-state index contributed by atoms with van der Waals surface area (Å²) in [5.41, 5.74) is 2.96. The highest BCUT2D eigenvalue weighted by Gasteiger charge is 2.32. The Morgan fingerprint density at radius 2 is 1.88 bits per heavy atom. The Kier molecular flexibility index (Phi) is 8.17. The lowest BCUT2D eigenvalue weighted by Gasteiger charge is -2.41. The van der Waals surface area contributed by atoms with Gasteiger partial charge in [0.25, 0.3) is 0 Å². The average Bonchev–Trinajstić information content (AvgIpc) is 3.40. The number of hydrogen-bond acceptors (Lipinski definition) is 9. The molecule has 1 atom stereocenters. The van der Waals surface area contributed by atoms with E-state index in [0.717, 1.165) is 6.26 Å². The summed E-state index contributed by atoms with van der Waals surface area (Å²) in [5.74, 6) is -0.955. The molecule has 1 fully saturated rings. The van der Waals surface area contributed by atoms with Gasteiger partial charge in [0.1, 0.15) is 28.0 Å². The Labute approximate surface area is 247 Å². The largest absolute Gasteiger partial charge is 0.394 e. The van der Waals surface area contributed by atoms with Crippen molar-refractivity contribution in [2.75, 3.05) is 49.3 Å². The Balaban J connectivity index is 1.62. The normalized spacial score (nSPS) is 16.3. The third-order valence-electron chi connectivity index (χ3n) is 7.38. The van der Waals surface area contributed by atoms with Crippen LogP contribution in [0.25, 0.3) is 22.2 Å². The number of thiazole rings is 1. The summed E-state index contributed by atoms with van der Waals surface area (Å²) in [7, 11) is -1.67. The van der Waals surface area contributed by atoms with E-state index in [0.29, 0.717) is 43.7 Å². The van der Waals surface area contributed by atoms with Gasteiger partial charge in [-0.3, -0.25) is 0 Å². The van der Waals surface area contributed by atoms with Crippen molar-refractivity contribution in [3.63, 3.8) is 0 Å². The van der Waals surface area contributed by atoms with Crippen LogP contribution in [0.4, 0.5) is 25.3 Å². The summed E-state index contributed by atoms with van der Waals surface area (Å²) >= 11 is 1.17. The first-order valence-electron chi connectivity index (χ1n) is 13.3. The predicted molar refractivity (Wildman–Crippen MR) is 161 cm³/mol. The average molecular weight is 613 g/mol. The number of aliphatic hydroxyl groups is 1. The molecule has 1 unspecified atom stereocenters. The number of halogens is 2. The first-order chi connectivity index (χ1) is 19.9. The molecular formula is C29H30F2N6O3S2. The van der Waals surface area contributed by atoms with Crippen LogP contribution in [-0.2, 0) is 10.0 Å². The van der Waals surface area contributed by atoms with E-state index in [1.165, 1.54) is 33.8 Å². The molecule has 1 saturated heterocycles. The Bertz CT molecular complexity index is 1790. The van der Waals surface area contributed by atoms with Gasteiger partial charge < -0.3 is 14.9 Å². The van der Waals surface area contributed by atoms with Crippen LogP contribution in [0.2, 0.25) is 0 Å². The summed E-state index contributed by atoms with van der Waals surface area (Å²) < 4.78 is 54.9. The summed E-state index contributed by atoms with van der Waals surface area (Å²) in [6, 6.07) is 12.4. The number of fused-ring (bicyclic) bond motifs is 1. The van der Waals surface area contributed by atoms with Crippen molar-refractivity contribution in [3.8, 4) is 17.3 Å². The molecule has 0 spiro atoms. The van der Waals surface area contributed by atoms with Gasteiger partial charge in [0.05, 0.1) is 24.6 Å². The first-order valence-corrected chi connectivity index (χ1v) is 15.9. The Hall–Kier alpha value is -3.70. The fourth-order valence-corrected chi connectivity index (χ4v) is 6.79. The summed E-state index contributed by atoms with van der Waals surface area (Å²) in [6.07, 6.45) is 1.13. The van der Waals surface area contributed by atoms with Gasteiger partial charge in [-0.1, -0.05) is 25.2 Å². The zero-order valence-electron chi connectivity index (χ0n) is 23.5. The second-order valence-corrected chi connectivity index (χ2v) is 13.5. The van der Waals surface area contributed by atoms with Crippen molar-refractivity contribution in [3.05, 3.63) is 64.7 Å². The lowest BCUT2D eigenvalue weighted by molar-refractivity contribution is 0.218. The van der Waals surface area contributed by atoms with Crippen molar-refractivity contribution < 1.29 is 22.3 Å². The molecule has 9 nitrogen and oxygen atoms in total. The fourth-order valence-electron chi connectivity index (χ4n) is 5.07. The van der Waals surface area contributed by atoms with Gasteiger partial charge in [-0.2, -0.15) is 9.57 Å². The van der Waals surface area contributed by atoms with E-state index in [1.54, 1.807) is 30.1 Å². The molecule has 0 bridgehead atoms. The molecule has 5 rings (SSSR count). The third kappa shape index (κ3) is 5.67. The van der Waals surface area contributed by atoms with Crippen LogP contribution in [-0.4, -0.2) is 73.4 Å². The van der Waals surface area contributed by atoms with E-state index in [1.807, 2.05) is 24.8 Å². The van der Waals surface area contributed by atoms with E-state index < -0.39 is 27.7 Å². The zero-order chi connectivity index (χ0) is 30.3. The minimum absolute atomic E-state index is 0.00999. The van der Waals surface area contributed by atoms with Gasteiger partial charge in [-0.25, -0.2) is 27.2 Å². The zero-order valence-corrected chi connectivity index (χ0v) is 25.2. The summed E-state index contributed by atoms with van der Waals surface area (Å²) in [4.78, 5) is 13.3. The van der Waals surface area contributed by atoms with Crippen LogP contribution in [0.1, 0.15) is 30.3 Å².